The fourth-order valence-electron chi connectivity index (χ4n) is 2.80. The van der Waals surface area contributed by atoms with Crippen molar-refractivity contribution in [3.8, 4) is 0 Å². The summed E-state index contributed by atoms with van der Waals surface area (Å²) in [5.74, 6) is 0.274. The molecule has 0 aliphatic carbocycles. The quantitative estimate of drug-likeness (QED) is 0.747. The summed E-state index contributed by atoms with van der Waals surface area (Å²) in [6.45, 7) is 3.50. The average Bonchev–Trinajstić information content (AvgIpc) is 2.90. The molecule has 1 aromatic heterocycles. The van der Waals surface area contributed by atoms with Gasteiger partial charge in [0.05, 0.1) is 17.9 Å². The number of aromatic nitrogens is 2. The van der Waals surface area contributed by atoms with Gasteiger partial charge >= 0.3 is 0 Å². The Bertz CT molecular complexity index is 465. The summed E-state index contributed by atoms with van der Waals surface area (Å²) in [6, 6.07) is 0. The predicted molar refractivity (Wildman–Crippen MR) is 63.0 cm³/mol. The summed E-state index contributed by atoms with van der Waals surface area (Å²) < 4.78 is 1.97. The number of hydrogen-bond donors (Lipinski definition) is 0. The number of rotatable bonds is 2. The van der Waals surface area contributed by atoms with Crippen LogP contribution in [-0.2, 0) is 31.5 Å². The van der Waals surface area contributed by atoms with Crippen LogP contribution in [0.3, 0.4) is 0 Å². The molecule has 1 saturated heterocycles. The van der Waals surface area contributed by atoms with Crippen LogP contribution in [0.4, 0.5) is 0 Å². The molecular formula is C12H18N4O. The molecule has 17 heavy (non-hydrogen) atoms. The van der Waals surface area contributed by atoms with Crippen molar-refractivity contribution in [3.63, 3.8) is 0 Å². The van der Waals surface area contributed by atoms with Crippen molar-refractivity contribution >= 4 is 5.91 Å². The molecule has 3 heterocycles. The van der Waals surface area contributed by atoms with Gasteiger partial charge in [-0.25, -0.2) is 0 Å². The Morgan fingerprint density at radius 3 is 2.82 bits per heavy atom. The summed E-state index contributed by atoms with van der Waals surface area (Å²) in [5.41, 5.74) is 3.71. The first-order valence-corrected chi connectivity index (χ1v) is 6.15. The van der Waals surface area contributed by atoms with Crippen LogP contribution < -0.4 is 0 Å². The smallest absolute Gasteiger partial charge is 0.222 e. The molecular weight excluding hydrogens is 216 g/mol. The van der Waals surface area contributed by atoms with Crippen LogP contribution in [0, 0.1) is 0 Å². The number of hydrogen-bond acceptors (Lipinski definition) is 3. The fraction of sp³-hybridized carbons (Fsp3) is 0.667. The second-order valence-electron chi connectivity index (χ2n) is 5.09. The van der Waals surface area contributed by atoms with Gasteiger partial charge in [0.25, 0.3) is 0 Å². The summed E-state index contributed by atoms with van der Waals surface area (Å²) in [4.78, 5) is 15.8. The van der Waals surface area contributed by atoms with E-state index in [1.54, 1.807) is 0 Å². The van der Waals surface area contributed by atoms with E-state index < -0.39 is 0 Å². The minimum Gasteiger partial charge on any atom is -0.337 e. The van der Waals surface area contributed by atoms with E-state index in [-0.39, 0.29) is 5.91 Å². The molecule has 0 spiro atoms. The van der Waals surface area contributed by atoms with Crippen molar-refractivity contribution in [1.29, 1.82) is 0 Å². The first kappa shape index (κ1) is 10.8. The Kier molecular flexibility index (Phi) is 2.43. The number of nitrogens with zero attached hydrogens (tertiary/aromatic N) is 4. The van der Waals surface area contributed by atoms with Crippen molar-refractivity contribution < 1.29 is 4.79 Å². The zero-order valence-electron chi connectivity index (χ0n) is 10.4. The Hall–Kier alpha value is -1.36. The van der Waals surface area contributed by atoms with E-state index in [1.165, 1.54) is 11.3 Å². The Labute approximate surface area is 101 Å². The lowest BCUT2D eigenvalue weighted by Crippen LogP contribution is -2.25. The van der Waals surface area contributed by atoms with Gasteiger partial charge in [0.2, 0.25) is 5.91 Å². The molecule has 0 unspecified atom stereocenters. The summed E-state index contributed by atoms with van der Waals surface area (Å²) in [6.07, 6.45) is 1.70. The monoisotopic (exact) mass is 234 g/mol. The zero-order chi connectivity index (χ0) is 12.0. The SMILES string of the molecule is CN1Cc2c(CN3CCCC3=O)nn(C)c2C1. The maximum Gasteiger partial charge on any atom is 0.222 e. The van der Waals surface area contributed by atoms with Gasteiger partial charge in [-0.2, -0.15) is 5.10 Å². The highest BCUT2D eigenvalue weighted by Crippen LogP contribution is 2.26. The molecule has 5 nitrogen and oxygen atoms in total. The van der Waals surface area contributed by atoms with Gasteiger partial charge in [-0.3, -0.25) is 14.4 Å². The van der Waals surface area contributed by atoms with Gasteiger partial charge in [-0.05, 0) is 13.5 Å². The van der Waals surface area contributed by atoms with Crippen LogP contribution in [0.5, 0.6) is 0 Å². The van der Waals surface area contributed by atoms with Gasteiger partial charge < -0.3 is 4.90 Å². The number of fused-ring (bicyclic) bond motifs is 1. The standard InChI is InChI=1S/C12H18N4O/c1-14-6-9-10(13-15(2)11(9)8-14)7-16-5-3-4-12(16)17/h3-8H2,1-2H3. The molecule has 2 aliphatic rings. The number of amides is 1. The second-order valence-corrected chi connectivity index (χ2v) is 5.09. The van der Waals surface area contributed by atoms with Crippen LogP contribution in [-0.4, -0.2) is 39.1 Å². The van der Waals surface area contributed by atoms with Crippen molar-refractivity contribution in [2.24, 2.45) is 7.05 Å². The lowest BCUT2D eigenvalue weighted by atomic mass is 10.2. The topological polar surface area (TPSA) is 41.4 Å². The predicted octanol–water partition coefficient (Wildman–Crippen LogP) is 0.488. The van der Waals surface area contributed by atoms with Gasteiger partial charge in [0.1, 0.15) is 0 Å². The third kappa shape index (κ3) is 1.74. The van der Waals surface area contributed by atoms with Gasteiger partial charge in [-0.1, -0.05) is 0 Å². The largest absolute Gasteiger partial charge is 0.337 e. The highest BCUT2D eigenvalue weighted by Gasteiger charge is 2.27. The van der Waals surface area contributed by atoms with Gasteiger partial charge in [0, 0.05) is 38.7 Å². The van der Waals surface area contributed by atoms with Gasteiger partial charge in [0.15, 0.2) is 0 Å². The molecule has 1 amide bonds. The molecule has 0 aromatic carbocycles. The Balaban J connectivity index is 1.85. The first-order valence-electron chi connectivity index (χ1n) is 6.15. The number of carbonyl (C=O) groups excluding carboxylic acids is 1. The molecule has 0 saturated carbocycles. The summed E-state index contributed by atoms with van der Waals surface area (Å²) in [5, 5.41) is 4.56. The summed E-state index contributed by atoms with van der Waals surface area (Å²) in [7, 11) is 4.11. The van der Waals surface area contributed by atoms with Crippen LogP contribution >= 0.6 is 0 Å². The normalized spacial score (nSPS) is 20.4. The van der Waals surface area contributed by atoms with Crippen LogP contribution in [0.15, 0.2) is 0 Å². The highest BCUT2D eigenvalue weighted by atomic mass is 16.2. The third-order valence-corrected chi connectivity index (χ3v) is 3.72. The van der Waals surface area contributed by atoms with E-state index >= 15 is 0 Å². The van der Waals surface area contributed by atoms with Crippen LogP contribution in [0.2, 0.25) is 0 Å². The Morgan fingerprint density at radius 2 is 2.12 bits per heavy atom. The molecule has 0 atom stereocenters. The molecule has 0 radical (unpaired) electrons. The van der Waals surface area contributed by atoms with E-state index in [1.807, 2.05) is 16.6 Å². The molecule has 92 valence electrons. The van der Waals surface area contributed by atoms with Gasteiger partial charge in [-0.15, -0.1) is 0 Å². The average molecular weight is 234 g/mol. The molecule has 5 heteroatoms. The minimum atomic E-state index is 0.274. The van der Waals surface area contributed by atoms with Crippen LogP contribution in [0.25, 0.3) is 0 Å². The maximum absolute atomic E-state index is 11.6. The molecule has 1 fully saturated rings. The lowest BCUT2D eigenvalue weighted by Gasteiger charge is -2.14. The van der Waals surface area contributed by atoms with Crippen molar-refractivity contribution in [1.82, 2.24) is 19.6 Å². The van der Waals surface area contributed by atoms with E-state index in [0.717, 1.165) is 31.7 Å². The highest BCUT2D eigenvalue weighted by molar-refractivity contribution is 5.78. The number of carbonyl (C=O) groups is 1. The van der Waals surface area contributed by atoms with E-state index in [2.05, 4.69) is 17.0 Å². The van der Waals surface area contributed by atoms with E-state index in [4.69, 9.17) is 0 Å². The summed E-state index contributed by atoms with van der Waals surface area (Å²) >= 11 is 0. The minimum absolute atomic E-state index is 0.274. The van der Waals surface area contributed by atoms with Crippen molar-refractivity contribution in [2.75, 3.05) is 13.6 Å². The second kappa shape index (κ2) is 3.84. The fourth-order valence-corrected chi connectivity index (χ4v) is 2.80. The molecule has 0 bridgehead atoms. The molecule has 0 N–H and O–H groups in total. The third-order valence-electron chi connectivity index (χ3n) is 3.72. The van der Waals surface area contributed by atoms with Crippen LogP contribution in [0.1, 0.15) is 29.8 Å². The lowest BCUT2D eigenvalue weighted by molar-refractivity contribution is -0.128. The zero-order valence-corrected chi connectivity index (χ0v) is 10.4. The van der Waals surface area contributed by atoms with Crippen molar-refractivity contribution in [3.05, 3.63) is 17.0 Å². The van der Waals surface area contributed by atoms with E-state index in [0.29, 0.717) is 13.0 Å². The molecule has 2 aliphatic heterocycles. The number of aryl methyl sites for hydroxylation is 1. The number of likely N-dealkylation sites (tertiary alicyclic amines) is 1. The molecule has 3 rings (SSSR count). The van der Waals surface area contributed by atoms with E-state index in [9.17, 15) is 4.79 Å². The maximum atomic E-state index is 11.6. The first-order chi connectivity index (χ1) is 8.15. The Morgan fingerprint density at radius 1 is 1.29 bits per heavy atom. The molecule has 1 aromatic rings. The van der Waals surface area contributed by atoms with Crippen molar-refractivity contribution in [2.45, 2.75) is 32.5 Å².